The first-order valence-electron chi connectivity index (χ1n) is 7.73. The number of nitrogens with zero attached hydrogens (tertiary/aromatic N) is 1. The van der Waals surface area contributed by atoms with Crippen LogP contribution in [0.1, 0.15) is 32.3 Å². The highest BCUT2D eigenvalue weighted by Gasteiger charge is 2.39. The lowest BCUT2D eigenvalue weighted by Crippen LogP contribution is -2.49. The first kappa shape index (κ1) is 16.5. The van der Waals surface area contributed by atoms with Gasteiger partial charge in [-0.1, -0.05) is 12.1 Å². The molecular formula is C17H23FN2O2. The van der Waals surface area contributed by atoms with Crippen LogP contribution in [-0.4, -0.2) is 36.3 Å². The minimum absolute atomic E-state index is 0.107. The van der Waals surface area contributed by atoms with Gasteiger partial charge < -0.3 is 10.2 Å². The molecule has 1 aromatic rings. The number of benzene rings is 1. The topological polar surface area (TPSA) is 49.4 Å². The molecule has 0 unspecified atom stereocenters. The third kappa shape index (κ3) is 3.84. The normalized spacial score (nSPS) is 15.0. The van der Waals surface area contributed by atoms with Gasteiger partial charge in [-0.05, 0) is 50.8 Å². The van der Waals surface area contributed by atoms with Gasteiger partial charge in [-0.25, -0.2) is 4.39 Å². The van der Waals surface area contributed by atoms with E-state index in [0.717, 1.165) is 31.5 Å². The Morgan fingerprint density at radius 1 is 1.18 bits per heavy atom. The van der Waals surface area contributed by atoms with Crippen molar-refractivity contribution in [1.29, 1.82) is 0 Å². The smallest absolute Gasteiger partial charge is 0.237 e. The Kier molecular flexibility index (Phi) is 5.16. The van der Waals surface area contributed by atoms with Crippen molar-refractivity contribution in [1.82, 2.24) is 10.2 Å². The van der Waals surface area contributed by atoms with Gasteiger partial charge in [0.1, 0.15) is 11.2 Å². The quantitative estimate of drug-likeness (QED) is 0.847. The summed E-state index contributed by atoms with van der Waals surface area (Å²) in [6, 6.07) is 6.19. The second kappa shape index (κ2) is 6.90. The molecule has 2 rings (SSSR count). The van der Waals surface area contributed by atoms with E-state index in [1.807, 2.05) is 0 Å². The average molecular weight is 306 g/mol. The maximum Gasteiger partial charge on any atom is 0.237 e. The molecule has 1 heterocycles. The zero-order valence-electron chi connectivity index (χ0n) is 13.2. The molecule has 0 atom stereocenters. The van der Waals surface area contributed by atoms with E-state index in [2.05, 4.69) is 5.32 Å². The average Bonchev–Trinajstić information content (AvgIpc) is 3.02. The van der Waals surface area contributed by atoms with Crippen molar-refractivity contribution in [2.24, 2.45) is 5.41 Å². The molecule has 1 aliphatic rings. The Morgan fingerprint density at radius 2 is 1.77 bits per heavy atom. The van der Waals surface area contributed by atoms with Gasteiger partial charge in [0, 0.05) is 19.6 Å². The highest BCUT2D eigenvalue weighted by Crippen LogP contribution is 2.22. The molecule has 22 heavy (non-hydrogen) atoms. The maximum absolute atomic E-state index is 12.8. The first-order chi connectivity index (χ1) is 10.4. The number of carbonyl (C=O) groups is 2. The van der Waals surface area contributed by atoms with Crippen molar-refractivity contribution < 1.29 is 14.0 Å². The molecule has 1 aromatic carbocycles. The van der Waals surface area contributed by atoms with E-state index < -0.39 is 5.41 Å². The van der Waals surface area contributed by atoms with Crippen LogP contribution < -0.4 is 5.32 Å². The summed E-state index contributed by atoms with van der Waals surface area (Å²) >= 11 is 0. The molecule has 5 heteroatoms. The van der Waals surface area contributed by atoms with E-state index >= 15 is 0 Å². The molecule has 120 valence electrons. The fourth-order valence-corrected chi connectivity index (χ4v) is 2.61. The monoisotopic (exact) mass is 306 g/mol. The molecule has 4 nitrogen and oxygen atoms in total. The lowest BCUT2D eigenvalue weighted by Gasteiger charge is -2.28. The number of rotatable bonds is 5. The van der Waals surface area contributed by atoms with Crippen LogP contribution in [0.3, 0.4) is 0 Å². The number of carbonyl (C=O) groups excluding carboxylic acids is 2. The van der Waals surface area contributed by atoms with Crippen LogP contribution in [0.25, 0.3) is 0 Å². The van der Waals surface area contributed by atoms with Gasteiger partial charge in [0.05, 0.1) is 0 Å². The third-order valence-corrected chi connectivity index (χ3v) is 4.11. The summed E-state index contributed by atoms with van der Waals surface area (Å²) in [4.78, 5) is 26.5. The molecule has 0 aliphatic carbocycles. The van der Waals surface area contributed by atoms with Crippen molar-refractivity contribution in [2.45, 2.75) is 33.1 Å². The number of amides is 2. The lowest BCUT2D eigenvalue weighted by atomic mass is 9.90. The van der Waals surface area contributed by atoms with Gasteiger partial charge in [-0.2, -0.15) is 0 Å². The van der Waals surface area contributed by atoms with Crippen molar-refractivity contribution in [3.05, 3.63) is 35.6 Å². The Bertz CT molecular complexity index is 534. The van der Waals surface area contributed by atoms with E-state index in [9.17, 15) is 14.0 Å². The Balaban J connectivity index is 1.84. The van der Waals surface area contributed by atoms with Gasteiger partial charge in [0.2, 0.25) is 11.8 Å². The molecule has 1 N–H and O–H groups in total. The molecular weight excluding hydrogens is 283 g/mol. The lowest BCUT2D eigenvalue weighted by molar-refractivity contribution is -0.147. The zero-order valence-corrected chi connectivity index (χ0v) is 13.2. The summed E-state index contributed by atoms with van der Waals surface area (Å²) in [5, 5.41) is 2.81. The van der Waals surface area contributed by atoms with Crippen LogP contribution in [0.15, 0.2) is 24.3 Å². The molecule has 1 fully saturated rings. The van der Waals surface area contributed by atoms with Gasteiger partial charge in [0.15, 0.2) is 0 Å². The Morgan fingerprint density at radius 3 is 2.36 bits per heavy atom. The third-order valence-electron chi connectivity index (χ3n) is 4.11. The number of hydrogen-bond donors (Lipinski definition) is 1. The van der Waals surface area contributed by atoms with Crippen LogP contribution in [-0.2, 0) is 16.0 Å². The molecule has 1 aliphatic heterocycles. The summed E-state index contributed by atoms with van der Waals surface area (Å²) in [6.07, 6.45) is 2.63. The van der Waals surface area contributed by atoms with Crippen LogP contribution in [0.5, 0.6) is 0 Å². The number of hydrogen-bond acceptors (Lipinski definition) is 2. The highest BCUT2D eigenvalue weighted by molar-refractivity contribution is 6.04. The molecule has 0 spiro atoms. The maximum atomic E-state index is 12.8. The molecule has 0 aromatic heterocycles. The zero-order chi connectivity index (χ0) is 16.2. The minimum Gasteiger partial charge on any atom is -0.355 e. The van der Waals surface area contributed by atoms with E-state index in [1.54, 1.807) is 30.9 Å². The van der Waals surface area contributed by atoms with Crippen LogP contribution in [0.4, 0.5) is 4.39 Å². The second-order valence-electron chi connectivity index (χ2n) is 6.26. The van der Waals surface area contributed by atoms with Crippen LogP contribution in [0.2, 0.25) is 0 Å². The Hall–Kier alpha value is -1.91. The van der Waals surface area contributed by atoms with Gasteiger partial charge in [-0.15, -0.1) is 0 Å². The largest absolute Gasteiger partial charge is 0.355 e. The first-order valence-corrected chi connectivity index (χ1v) is 7.73. The summed E-state index contributed by atoms with van der Waals surface area (Å²) in [6.45, 7) is 5.25. The summed E-state index contributed by atoms with van der Waals surface area (Å²) in [5.41, 5.74) is -0.0991. The summed E-state index contributed by atoms with van der Waals surface area (Å²) in [5.74, 6) is -0.638. The van der Waals surface area contributed by atoms with E-state index in [0.29, 0.717) is 13.0 Å². The Labute approximate surface area is 130 Å². The van der Waals surface area contributed by atoms with Crippen LogP contribution in [0, 0.1) is 11.2 Å². The number of likely N-dealkylation sites (tertiary alicyclic amines) is 1. The van der Waals surface area contributed by atoms with Crippen molar-refractivity contribution in [3.63, 3.8) is 0 Å². The standard InChI is InChI=1S/C17H23FN2O2/c1-17(2,16(22)20-11-3-4-12-20)15(21)19-10-9-13-5-7-14(18)8-6-13/h5-8H,3-4,9-12H2,1-2H3,(H,19,21). The predicted octanol–water partition coefficient (Wildman–Crippen LogP) is 2.13. The van der Waals surface area contributed by atoms with Crippen molar-refractivity contribution in [3.8, 4) is 0 Å². The van der Waals surface area contributed by atoms with Crippen LogP contribution >= 0.6 is 0 Å². The SMILES string of the molecule is CC(C)(C(=O)NCCc1ccc(F)cc1)C(=O)N1CCCC1. The van der Waals surface area contributed by atoms with E-state index in [1.165, 1.54) is 12.1 Å². The van der Waals surface area contributed by atoms with E-state index in [4.69, 9.17) is 0 Å². The van der Waals surface area contributed by atoms with Crippen molar-refractivity contribution >= 4 is 11.8 Å². The van der Waals surface area contributed by atoms with Gasteiger partial charge in [-0.3, -0.25) is 9.59 Å². The van der Waals surface area contributed by atoms with Crippen molar-refractivity contribution in [2.75, 3.05) is 19.6 Å². The molecule has 2 amide bonds. The second-order valence-corrected chi connectivity index (χ2v) is 6.26. The predicted molar refractivity (Wildman–Crippen MR) is 82.7 cm³/mol. The van der Waals surface area contributed by atoms with E-state index in [-0.39, 0.29) is 17.6 Å². The molecule has 1 saturated heterocycles. The summed E-state index contributed by atoms with van der Waals surface area (Å²) in [7, 11) is 0. The molecule has 0 saturated carbocycles. The van der Waals surface area contributed by atoms with Gasteiger partial charge in [0.25, 0.3) is 0 Å². The minimum atomic E-state index is -1.05. The fraction of sp³-hybridized carbons (Fsp3) is 0.529. The highest BCUT2D eigenvalue weighted by atomic mass is 19.1. The number of halogens is 1. The van der Waals surface area contributed by atoms with Gasteiger partial charge >= 0.3 is 0 Å². The molecule has 0 bridgehead atoms. The summed E-state index contributed by atoms with van der Waals surface area (Å²) < 4.78 is 12.8. The number of nitrogens with one attached hydrogen (secondary N) is 1. The fourth-order valence-electron chi connectivity index (χ4n) is 2.61. The molecule has 0 radical (unpaired) electrons.